The molecule has 0 fully saturated rings. The molecular formula is C18H25N7O. The third-order valence-corrected chi connectivity index (χ3v) is 4.64. The Bertz CT molecular complexity index is 941. The Labute approximate surface area is 152 Å². The van der Waals surface area contributed by atoms with Gasteiger partial charge in [-0.3, -0.25) is 4.79 Å². The lowest BCUT2D eigenvalue weighted by atomic mass is 10.1. The number of hydrogen-bond acceptors (Lipinski definition) is 5. The highest BCUT2D eigenvalue weighted by Gasteiger charge is 2.17. The van der Waals surface area contributed by atoms with E-state index >= 15 is 0 Å². The van der Waals surface area contributed by atoms with Crippen LogP contribution in [0.4, 0.5) is 0 Å². The summed E-state index contributed by atoms with van der Waals surface area (Å²) in [5.41, 5.74) is 3.74. The quantitative estimate of drug-likeness (QED) is 0.676. The van der Waals surface area contributed by atoms with Crippen LogP contribution < -0.4 is 0 Å². The van der Waals surface area contributed by atoms with Crippen LogP contribution in [0.15, 0.2) is 12.1 Å². The molecule has 3 aromatic rings. The molecule has 3 rings (SSSR count). The van der Waals surface area contributed by atoms with Crippen LogP contribution in [-0.2, 0) is 11.2 Å². The predicted octanol–water partition coefficient (Wildman–Crippen LogP) is 2.04. The van der Waals surface area contributed by atoms with Gasteiger partial charge in [0.25, 0.3) is 0 Å². The number of hydrogen-bond donors (Lipinski definition) is 0. The normalized spacial score (nSPS) is 11.3. The Morgan fingerprint density at radius 2 is 1.92 bits per heavy atom. The summed E-state index contributed by atoms with van der Waals surface area (Å²) >= 11 is 0. The second-order valence-electron chi connectivity index (χ2n) is 6.59. The first-order valence-electron chi connectivity index (χ1n) is 8.90. The minimum atomic E-state index is 0.165. The van der Waals surface area contributed by atoms with E-state index in [0.29, 0.717) is 24.3 Å². The van der Waals surface area contributed by atoms with Gasteiger partial charge in [0, 0.05) is 25.7 Å². The Kier molecular flexibility index (Phi) is 5.01. The third-order valence-electron chi connectivity index (χ3n) is 4.64. The zero-order chi connectivity index (χ0) is 18.8. The molecule has 0 saturated carbocycles. The first-order valence-corrected chi connectivity index (χ1v) is 8.90. The molecule has 0 atom stereocenters. The molecule has 8 nitrogen and oxygen atoms in total. The molecule has 0 bridgehead atoms. The summed E-state index contributed by atoms with van der Waals surface area (Å²) < 4.78 is 3.53. The first kappa shape index (κ1) is 18.0. The lowest BCUT2D eigenvalue weighted by Crippen LogP contribution is -2.27. The fourth-order valence-electron chi connectivity index (χ4n) is 3.14. The summed E-state index contributed by atoms with van der Waals surface area (Å²) in [6.45, 7) is 8.71. The van der Waals surface area contributed by atoms with Crippen LogP contribution in [0.1, 0.15) is 42.5 Å². The van der Waals surface area contributed by atoms with Gasteiger partial charge in [0.2, 0.25) is 5.91 Å². The molecule has 0 unspecified atom stereocenters. The Morgan fingerprint density at radius 3 is 2.65 bits per heavy atom. The lowest BCUT2D eigenvalue weighted by Gasteiger charge is -2.15. The molecule has 0 aliphatic rings. The standard InChI is InChI=1S/C18H25N7O/c1-6-11-23(5)18(26)10-7-15-12(2)21-24(13(15)3)17-9-8-16-20-19-14(4)25(16)22-17/h8-9H,6-7,10-11H2,1-5H3. The molecule has 0 aromatic carbocycles. The van der Waals surface area contributed by atoms with Crippen molar-refractivity contribution < 1.29 is 4.79 Å². The van der Waals surface area contributed by atoms with E-state index in [1.54, 1.807) is 9.42 Å². The SMILES string of the molecule is CCCN(C)C(=O)CCc1c(C)nn(-c2ccc3nnc(C)n3n2)c1C. The van der Waals surface area contributed by atoms with Gasteiger partial charge < -0.3 is 4.90 Å². The third kappa shape index (κ3) is 3.31. The molecule has 0 N–H and O–H groups in total. The second-order valence-corrected chi connectivity index (χ2v) is 6.59. The van der Waals surface area contributed by atoms with Gasteiger partial charge in [0.15, 0.2) is 17.3 Å². The van der Waals surface area contributed by atoms with Crippen molar-refractivity contribution in [1.82, 2.24) is 34.5 Å². The smallest absolute Gasteiger partial charge is 0.222 e. The molecule has 3 aromatic heterocycles. The number of rotatable bonds is 6. The lowest BCUT2D eigenvalue weighted by molar-refractivity contribution is -0.129. The van der Waals surface area contributed by atoms with Crippen molar-refractivity contribution in [1.29, 1.82) is 0 Å². The molecule has 0 saturated heterocycles. The number of fused-ring (bicyclic) bond motifs is 1. The number of aromatic nitrogens is 6. The van der Waals surface area contributed by atoms with Crippen LogP contribution in [0.2, 0.25) is 0 Å². The van der Waals surface area contributed by atoms with Gasteiger partial charge in [-0.25, -0.2) is 4.68 Å². The van der Waals surface area contributed by atoms with E-state index in [2.05, 4.69) is 27.3 Å². The highest BCUT2D eigenvalue weighted by Crippen LogP contribution is 2.19. The van der Waals surface area contributed by atoms with Crippen molar-refractivity contribution in [2.75, 3.05) is 13.6 Å². The van der Waals surface area contributed by atoms with Gasteiger partial charge >= 0.3 is 0 Å². The summed E-state index contributed by atoms with van der Waals surface area (Å²) in [4.78, 5) is 14.0. The van der Waals surface area contributed by atoms with Crippen molar-refractivity contribution in [2.45, 2.75) is 47.0 Å². The maximum atomic E-state index is 12.2. The summed E-state index contributed by atoms with van der Waals surface area (Å²) in [6, 6.07) is 3.76. The van der Waals surface area contributed by atoms with Crippen LogP contribution in [0.5, 0.6) is 0 Å². The average Bonchev–Trinajstić information content (AvgIpc) is 3.13. The summed E-state index contributed by atoms with van der Waals surface area (Å²) in [5.74, 6) is 1.60. The number of aryl methyl sites for hydroxylation is 2. The number of carbonyl (C=O) groups excluding carboxylic acids is 1. The Balaban J connectivity index is 1.85. The molecule has 0 spiro atoms. The minimum Gasteiger partial charge on any atom is -0.346 e. The van der Waals surface area contributed by atoms with E-state index < -0.39 is 0 Å². The number of carbonyl (C=O) groups is 1. The molecule has 1 amide bonds. The van der Waals surface area contributed by atoms with Gasteiger partial charge in [-0.05, 0) is 51.3 Å². The molecule has 0 aliphatic heterocycles. The fraction of sp³-hybridized carbons (Fsp3) is 0.500. The van der Waals surface area contributed by atoms with Gasteiger partial charge in [0.1, 0.15) is 0 Å². The van der Waals surface area contributed by atoms with Crippen molar-refractivity contribution in [2.24, 2.45) is 0 Å². The van der Waals surface area contributed by atoms with Crippen molar-refractivity contribution in [3.05, 3.63) is 34.9 Å². The monoisotopic (exact) mass is 355 g/mol. The van der Waals surface area contributed by atoms with Crippen LogP contribution >= 0.6 is 0 Å². The fourth-order valence-corrected chi connectivity index (χ4v) is 3.14. The number of amides is 1. The van der Waals surface area contributed by atoms with Gasteiger partial charge in [-0.15, -0.1) is 15.3 Å². The van der Waals surface area contributed by atoms with E-state index in [4.69, 9.17) is 0 Å². The number of nitrogens with zero attached hydrogens (tertiary/aromatic N) is 7. The van der Waals surface area contributed by atoms with E-state index in [0.717, 1.165) is 35.7 Å². The molecule has 26 heavy (non-hydrogen) atoms. The average molecular weight is 355 g/mol. The first-order chi connectivity index (χ1) is 12.4. The van der Waals surface area contributed by atoms with E-state index in [9.17, 15) is 4.79 Å². The minimum absolute atomic E-state index is 0.165. The van der Waals surface area contributed by atoms with E-state index in [-0.39, 0.29) is 5.91 Å². The van der Waals surface area contributed by atoms with E-state index in [1.807, 2.05) is 44.6 Å². The Morgan fingerprint density at radius 1 is 1.15 bits per heavy atom. The molecule has 0 aliphatic carbocycles. The van der Waals surface area contributed by atoms with Crippen LogP contribution in [-0.4, -0.2) is 54.0 Å². The second kappa shape index (κ2) is 7.23. The van der Waals surface area contributed by atoms with E-state index in [1.165, 1.54) is 0 Å². The maximum Gasteiger partial charge on any atom is 0.222 e. The molecular weight excluding hydrogens is 330 g/mol. The zero-order valence-electron chi connectivity index (χ0n) is 16.0. The molecule has 3 heterocycles. The molecule has 138 valence electrons. The van der Waals surface area contributed by atoms with Gasteiger partial charge in [-0.1, -0.05) is 6.92 Å². The Hall–Kier alpha value is -2.77. The van der Waals surface area contributed by atoms with Crippen LogP contribution in [0.25, 0.3) is 11.5 Å². The van der Waals surface area contributed by atoms with Crippen molar-refractivity contribution in [3.63, 3.8) is 0 Å². The van der Waals surface area contributed by atoms with Crippen LogP contribution in [0.3, 0.4) is 0 Å². The predicted molar refractivity (Wildman–Crippen MR) is 98.4 cm³/mol. The zero-order valence-corrected chi connectivity index (χ0v) is 16.0. The highest BCUT2D eigenvalue weighted by molar-refractivity contribution is 5.76. The topological polar surface area (TPSA) is 81.2 Å². The van der Waals surface area contributed by atoms with Crippen molar-refractivity contribution >= 4 is 11.6 Å². The summed E-state index contributed by atoms with van der Waals surface area (Å²) in [6.07, 6.45) is 2.13. The molecule has 8 heteroatoms. The molecule has 0 radical (unpaired) electrons. The highest BCUT2D eigenvalue weighted by atomic mass is 16.2. The maximum absolute atomic E-state index is 12.2. The van der Waals surface area contributed by atoms with Crippen molar-refractivity contribution in [3.8, 4) is 5.82 Å². The summed E-state index contributed by atoms with van der Waals surface area (Å²) in [5, 5.41) is 17.3. The van der Waals surface area contributed by atoms with Gasteiger partial charge in [0.05, 0.1) is 5.69 Å². The van der Waals surface area contributed by atoms with Gasteiger partial charge in [-0.2, -0.15) is 9.61 Å². The van der Waals surface area contributed by atoms with Crippen LogP contribution in [0, 0.1) is 20.8 Å². The summed E-state index contributed by atoms with van der Waals surface area (Å²) in [7, 11) is 1.86. The largest absolute Gasteiger partial charge is 0.346 e.